The van der Waals surface area contributed by atoms with Crippen LogP contribution in [0.4, 0.5) is 5.69 Å². The minimum Gasteiger partial charge on any atom is -0.496 e. The minimum absolute atomic E-state index is 0.207. The molecule has 0 saturated carbocycles. The van der Waals surface area contributed by atoms with Crippen molar-refractivity contribution in [1.82, 2.24) is 10.2 Å². The van der Waals surface area contributed by atoms with Crippen molar-refractivity contribution in [3.63, 3.8) is 0 Å². The van der Waals surface area contributed by atoms with Crippen LogP contribution in [0.2, 0.25) is 0 Å². The van der Waals surface area contributed by atoms with Gasteiger partial charge in [-0.1, -0.05) is 12.1 Å². The molecule has 2 N–H and O–H groups in total. The zero-order valence-corrected chi connectivity index (χ0v) is 18.0. The molecule has 8 heteroatoms. The van der Waals surface area contributed by atoms with Crippen molar-refractivity contribution in [3.05, 3.63) is 77.9 Å². The molecule has 0 fully saturated rings. The quantitative estimate of drug-likeness (QED) is 0.423. The van der Waals surface area contributed by atoms with Gasteiger partial charge in [0, 0.05) is 41.6 Å². The number of aromatic nitrogens is 2. The molecule has 2 aromatic heterocycles. The van der Waals surface area contributed by atoms with Crippen molar-refractivity contribution in [2.75, 3.05) is 26.6 Å². The number of furan rings is 1. The number of methoxy groups -OCH3 is 3. The zero-order chi connectivity index (χ0) is 22.5. The first-order valence-electron chi connectivity index (χ1n) is 9.90. The lowest BCUT2D eigenvalue weighted by Gasteiger charge is -2.14. The molecule has 0 unspecified atom stereocenters. The number of amides is 1. The summed E-state index contributed by atoms with van der Waals surface area (Å²) in [6, 6.07) is 16.3. The van der Waals surface area contributed by atoms with E-state index in [0.29, 0.717) is 35.1 Å². The van der Waals surface area contributed by atoms with Crippen molar-refractivity contribution < 1.29 is 23.4 Å². The molecular weight excluding hydrogens is 410 g/mol. The van der Waals surface area contributed by atoms with E-state index in [1.54, 1.807) is 51.8 Å². The number of carbonyl (C=O) groups excluding carboxylic acids is 1. The van der Waals surface area contributed by atoms with Crippen LogP contribution in [0.25, 0.3) is 11.3 Å². The molecule has 1 amide bonds. The van der Waals surface area contributed by atoms with Gasteiger partial charge in [0.05, 0.1) is 27.0 Å². The number of nitrogens with zero attached hydrogens (tertiary/aromatic N) is 1. The van der Waals surface area contributed by atoms with Gasteiger partial charge >= 0.3 is 0 Å². The fourth-order valence-electron chi connectivity index (χ4n) is 3.40. The van der Waals surface area contributed by atoms with Gasteiger partial charge in [0.1, 0.15) is 23.0 Å². The highest BCUT2D eigenvalue weighted by molar-refractivity contribution is 6.02. The van der Waals surface area contributed by atoms with Crippen LogP contribution in [-0.4, -0.2) is 37.4 Å². The van der Waals surface area contributed by atoms with Gasteiger partial charge in [0.2, 0.25) is 0 Å². The summed E-state index contributed by atoms with van der Waals surface area (Å²) in [6.07, 6.45) is 2.07. The summed E-state index contributed by atoms with van der Waals surface area (Å²) in [7, 11) is 4.74. The number of carbonyl (C=O) groups is 1. The fraction of sp³-hybridized carbons (Fsp3) is 0.167. The molecular formula is C24H23N3O5. The average molecular weight is 433 g/mol. The Labute approximate surface area is 185 Å². The average Bonchev–Trinajstić information content (AvgIpc) is 3.52. The molecule has 0 bridgehead atoms. The molecule has 0 radical (unpaired) electrons. The number of ether oxygens (including phenoxy) is 3. The topological polar surface area (TPSA) is 98.6 Å². The third kappa shape index (κ3) is 4.44. The maximum absolute atomic E-state index is 12.7. The first kappa shape index (κ1) is 21.0. The van der Waals surface area contributed by atoms with E-state index >= 15 is 0 Å². The van der Waals surface area contributed by atoms with E-state index in [1.807, 2.05) is 30.3 Å². The van der Waals surface area contributed by atoms with Crippen molar-refractivity contribution in [3.8, 4) is 28.5 Å². The Morgan fingerprint density at radius 3 is 2.44 bits per heavy atom. The zero-order valence-electron chi connectivity index (χ0n) is 18.0. The Morgan fingerprint density at radius 1 is 1.00 bits per heavy atom. The van der Waals surface area contributed by atoms with Gasteiger partial charge in [-0.3, -0.25) is 9.89 Å². The number of benzene rings is 2. The van der Waals surface area contributed by atoms with E-state index in [2.05, 4.69) is 15.5 Å². The highest BCUT2D eigenvalue weighted by Crippen LogP contribution is 2.36. The standard InChI is InChI=1S/C24H23N3O5/c1-29-18-13-22(30-2)19(23(14-18)31-3)12-17-7-8-21(32-17)24(28)26-16-6-4-5-15(11-16)20-9-10-25-27-20/h4-11,13-14H,12H2,1-3H3,(H,25,27)(H,26,28). The molecule has 4 rings (SSSR count). The molecule has 0 aliphatic carbocycles. The van der Waals surface area contributed by atoms with Gasteiger partial charge in [-0.15, -0.1) is 0 Å². The number of anilines is 1. The molecule has 8 nitrogen and oxygen atoms in total. The Morgan fingerprint density at radius 2 is 1.78 bits per heavy atom. The smallest absolute Gasteiger partial charge is 0.291 e. The van der Waals surface area contributed by atoms with Crippen LogP contribution < -0.4 is 19.5 Å². The Hall–Kier alpha value is -4.20. The summed E-state index contributed by atoms with van der Waals surface area (Å²) in [6.45, 7) is 0. The van der Waals surface area contributed by atoms with Crippen molar-refractivity contribution in [2.24, 2.45) is 0 Å². The Bertz CT molecular complexity index is 1190. The molecule has 0 aliphatic rings. The molecule has 32 heavy (non-hydrogen) atoms. The second-order valence-corrected chi connectivity index (χ2v) is 6.96. The van der Waals surface area contributed by atoms with E-state index < -0.39 is 0 Å². The van der Waals surface area contributed by atoms with Crippen LogP contribution >= 0.6 is 0 Å². The number of rotatable bonds is 8. The second kappa shape index (κ2) is 9.30. The first-order valence-corrected chi connectivity index (χ1v) is 9.90. The molecule has 0 aliphatic heterocycles. The van der Waals surface area contributed by atoms with Crippen LogP contribution in [0.1, 0.15) is 21.9 Å². The Balaban J connectivity index is 1.51. The number of aromatic amines is 1. The van der Waals surface area contributed by atoms with E-state index in [9.17, 15) is 4.79 Å². The van der Waals surface area contributed by atoms with Crippen LogP contribution in [0, 0.1) is 0 Å². The van der Waals surface area contributed by atoms with E-state index in [-0.39, 0.29) is 11.7 Å². The predicted octanol–water partition coefficient (Wildman–Crippen LogP) is 4.54. The third-order valence-electron chi connectivity index (χ3n) is 4.99. The van der Waals surface area contributed by atoms with Gasteiger partial charge in [-0.05, 0) is 30.3 Å². The summed E-state index contributed by atoms with van der Waals surface area (Å²) in [4.78, 5) is 12.7. The molecule has 0 spiro atoms. The van der Waals surface area contributed by atoms with Crippen molar-refractivity contribution in [1.29, 1.82) is 0 Å². The Kier molecular flexibility index (Phi) is 6.12. The molecule has 0 atom stereocenters. The monoisotopic (exact) mass is 433 g/mol. The lowest BCUT2D eigenvalue weighted by atomic mass is 10.1. The minimum atomic E-state index is -0.341. The van der Waals surface area contributed by atoms with Gasteiger partial charge in [0.25, 0.3) is 5.91 Å². The normalized spacial score (nSPS) is 10.6. The largest absolute Gasteiger partial charge is 0.496 e. The van der Waals surface area contributed by atoms with Gasteiger partial charge in [-0.2, -0.15) is 5.10 Å². The van der Waals surface area contributed by atoms with E-state index in [0.717, 1.165) is 16.8 Å². The van der Waals surface area contributed by atoms with Crippen molar-refractivity contribution in [2.45, 2.75) is 6.42 Å². The number of hydrogen-bond donors (Lipinski definition) is 2. The summed E-state index contributed by atoms with van der Waals surface area (Å²) in [5.41, 5.74) is 3.23. The third-order valence-corrected chi connectivity index (χ3v) is 4.99. The lowest BCUT2D eigenvalue weighted by Crippen LogP contribution is -2.10. The lowest BCUT2D eigenvalue weighted by molar-refractivity contribution is 0.0995. The predicted molar refractivity (Wildman–Crippen MR) is 120 cm³/mol. The van der Waals surface area contributed by atoms with Crippen LogP contribution in [-0.2, 0) is 6.42 Å². The number of H-pyrrole nitrogens is 1. The summed E-state index contributed by atoms with van der Waals surface area (Å²) < 4.78 is 22.1. The fourth-order valence-corrected chi connectivity index (χ4v) is 3.40. The van der Waals surface area contributed by atoms with Gasteiger partial charge < -0.3 is 23.9 Å². The maximum atomic E-state index is 12.7. The molecule has 164 valence electrons. The number of hydrogen-bond acceptors (Lipinski definition) is 6. The highest BCUT2D eigenvalue weighted by Gasteiger charge is 2.18. The molecule has 4 aromatic rings. The summed E-state index contributed by atoms with van der Waals surface area (Å²) in [5.74, 6) is 2.31. The van der Waals surface area contributed by atoms with Gasteiger partial charge in [-0.25, -0.2) is 0 Å². The van der Waals surface area contributed by atoms with Crippen LogP contribution in [0.3, 0.4) is 0 Å². The molecule has 2 heterocycles. The summed E-state index contributed by atoms with van der Waals surface area (Å²) >= 11 is 0. The van der Waals surface area contributed by atoms with Crippen LogP contribution in [0.5, 0.6) is 17.2 Å². The maximum Gasteiger partial charge on any atom is 0.291 e. The second-order valence-electron chi connectivity index (χ2n) is 6.96. The SMILES string of the molecule is COc1cc(OC)c(Cc2ccc(C(=O)Nc3cccc(-c4ccn[nH]4)c3)o2)c(OC)c1. The van der Waals surface area contributed by atoms with E-state index in [1.165, 1.54) is 0 Å². The number of nitrogens with one attached hydrogen (secondary N) is 2. The first-order chi connectivity index (χ1) is 15.6. The van der Waals surface area contributed by atoms with Gasteiger partial charge in [0.15, 0.2) is 5.76 Å². The summed E-state index contributed by atoms with van der Waals surface area (Å²) in [5, 5.41) is 9.73. The molecule has 2 aromatic carbocycles. The highest BCUT2D eigenvalue weighted by atomic mass is 16.5. The van der Waals surface area contributed by atoms with Crippen molar-refractivity contribution >= 4 is 11.6 Å². The molecule has 0 saturated heterocycles. The van der Waals surface area contributed by atoms with Crippen LogP contribution in [0.15, 0.2) is 65.2 Å². The van der Waals surface area contributed by atoms with E-state index in [4.69, 9.17) is 18.6 Å².